The van der Waals surface area contributed by atoms with Gasteiger partial charge >= 0.3 is 5.69 Å². The van der Waals surface area contributed by atoms with E-state index in [0.29, 0.717) is 13.1 Å². The zero-order valence-electron chi connectivity index (χ0n) is 10.6. The topological polar surface area (TPSA) is 92.9 Å². The molecule has 2 aromatic rings. The first-order valence-electron chi connectivity index (χ1n) is 5.80. The van der Waals surface area contributed by atoms with Crippen molar-refractivity contribution >= 4 is 29.3 Å². The Labute approximate surface area is 116 Å². The molecule has 104 valence electrons. The second-order valence-corrected chi connectivity index (χ2v) is 4.18. The van der Waals surface area contributed by atoms with Crippen molar-refractivity contribution in [2.45, 2.75) is 19.5 Å². The average molecular weight is 285 g/mol. The van der Waals surface area contributed by atoms with Gasteiger partial charge in [0.15, 0.2) is 0 Å². The van der Waals surface area contributed by atoms with Gasteiger partial charge in [-0.15, -0.1) is 12.4 Å². The molecule has 0 aliphatic rings. The third-order valence-corrected chi connectivity index (χ3v) is 2.73. The number of rotatable bonds is 4. The number of H-pyrrole nitrogens is 1. The Kier molecular flexibility index (Phi) is 5.14. The lowest BCUT2D eigenvalue weighted by Gasteiger charge is -2.08. The summed E-state index contributed by atoms with van der Waals surface area (Å²) in [5.41, 5.74) is 6.88. The molecular weight excluding hydrogens is 268 g/mol. The van der Waals surface area contributed by atoms with Crippen LogP contribution in [-0.4, -0.2) is 28.0 Å². The van der Waals surface area contributed by atoms with E-state index in [2.05, 4.69) is 10.3 Å². The second-order valence-electron chi connectivity index (χ2n) is 4.18. The van der Waals surface area contributed by atoms with Crippen LogP contribution >= 0.6 is 12.4 Å². The monoisotopic (exact) mass is 284 g/mol. The predicted molar refractivity (Wildman–Crippen MR) is 76.5 cm³/mol. The highest BCUT2D eigenvalue weighted by Crippen LogP contribution is 2.08. The molecular formula is C12H17ClN4O2. The summed E-state index contributed by atoms with van der Waals surface area (Å²) in [5.74, 6) is -0.220. The van der Waals surface area contributed by atoms with Gasteiger partial charge in [-0.05, 0) is 19.1 Å². The fourth-order valence-corrected chi connectivity index (χ4v) is 1.78. The molecule has 1 aromatic carbocycles. The number of aromatic amines is 1. The van der Waals surface area contributed by atoms with Crippen molar-refractivity contribution < 1.29 is 4.79 Å². The SMILES string of the molecule is C[C@H](N)C(=O)NCCn1c(=O)[nH]c2ccccc21.Cl. The minimum Gasteiger partial charge on any atom is -0.353 e. The minimum atomic E-state index is -0.537. The van der Waals surface area contributed by atoms with Crippen LogP contribution < -0.4 is 16.7 Å². The van der Waals surface area contributed by atoms with E-state index >= 15 is 0 Å². The van der Waals surface area contributed by atoms with Gasteiger partial charge in [-0.3, -0.25) is 9.36 Å². The normalized spacial score (nSPS) is 11.9. The van der Waals surface area contributed by atoms with Crippen LogP contribution in [-0.2, 0) is 11.3 Å². The third-order valence-electron chi connectivity index (χ3n) is 2.73. The molecule has 0 fully saturated rings. The molecule has 1 atom stereocenters. The molecule has 0 spiro atoms. The summed E-state index contributed by atoms with van der Waals surface area (Å²) in [6.07, 6.45) is 0. The highest BCUT2D eigenvalue weighted by atomic mass is 35.5. The van der Waals surface area contributed by atoms with E-state index in [0.717, 1.165) is 11.0 Å². The summed E-state index contributed by atoms with van der Waals surface area (Å²) in [6, 6.07) is 6.89. The van der Waals surface area contributed by atoms with E-state index in [-0.39, 0.29) is 24.0 Å². The summed E-state index contributed by atoms with van der Waals surface area (Å²) < 4.78 is 1.59. The van der Waals surface area contributed by atoms with Crippen LogP contribution in [0.5, 0.6) is 0 Å². The molecule has 4 N–H and O–H groups in total. The summed E-state index contributed by atoms with van der Waals surface area (Å²) in [7, 11) is 0. The number of aromatic nitrogens is 2. The first-order chi connectivity index (χ1) is 8.59. The molecule has 1 heterocycles. The van der Waals surface area contributed by atoms with Crippen LogP contribution in [0.4, 0.5) is 0 Å². The van der Waals surface area contributed by atoms with Gasteiger partial charge in [0.2, 0.25) is 5.91 Å². The van der Waals surface area contributed by atoms with E-state index in [1.54, 1.807) is 11.5 Å². The number of carbonyl (C=O) groups is 1. The quantitative estimate of drug-likeness (QED) is 0.749. The predicted octanol–water partition coefficient (Wildman–Crippen LogP) is 0.215. The van der Waals surface area contributed by atoms with E-state index in [4.69, 9.17) is 5.73 Å². The number of benzene rings is 1. The maximum absolute atomic E-state index is 11.7. The largest absolute Gasteiger partial charge is 0.353 e. The number of hydrogen-bond donors (Lipinski definition) is 3. The van der Waals surface area contributed by atoms with E-state index in [9.17, 15) is 9.59 Å². The molecule has 0 unspecified atom stereocenters. The highest BCUT2D eigenvalue weighted by molar-refractivity contribution is 5.85. The fraction of sp³-hybridized carbons (Fsp3) is 0.333. The molecule has 1 amide bonds. The van der Waals surface area contributed by atoms with E-state index < -0.39 is 6.04 Å². The van der Waals surface area contributed by atoms with Crippen molar-refractivity contribution in [3.05, 3.63) is 34.7 Å². The molecule has 19 heavy (non-hydrogen) atoms. The second kappa shape index (κ2) is 6.40. The lowest BCUT2D eigenvalue weighted by Crippen LogP contribution is -2.40. The maximum Gasteiger partial charge on any atom is 0.326 e. The number of carbonyl (C=O) groups excluding carboxylic acids is 1. The Morgan fingerprint density at radius 3 is 2.84 bits per heavy atom. The van der Waals surface area contributed by atoms with Gasteiger partial charge < -0.3 is 16.0 Å². The van der Waals surface area contributed by atoms with Gasteiger partial charge in [0, 0.05) is 13.1 Å². The van der Waals surface area contributed by atoms with Crippen LogP contribution in [0.2, 0.25) is 0 Å². The Bertz CT molecular complexity index is 617. The molecule has 0 aliphatic heterocycles. The van der Waals surface area contributed by atoms with Crippen molar-refractivity contribution in [2.24, 2.45) is 5.73 Å². The molecule has 0 saturated heterocycles. The first kappa shape index (κ1) is 15.3. The Hall–Kier alpha value is -1.79. The van der Waals surface area contributed by atoms with Gasteiger partial charge in [0.25, 0.3) is 0 Å². The molecule has 7 heteroatoms. The summed E-state index contributed by atoms with van der Waals surface area (Å²) in [6.45, 7) is 2.41. The minimum absolute atomic E-state index is 0. The number of nitrogens with zero attached hydrogens (tertiary/aromatic N) is 1. The van der Waals surface area contributed by atoms with Crippen molar-refractivity contribution in [1.29, 1.82) is 0 Å². The number of imidazole rings is 1. The van der Waals surface area contributed by atoms with Crippen LogP contribution in [0.3, 0.4) is 0 Å². The van der Waals surface area contributed by atoms with Gasteiger partial charge in [-0.2, -0.15) is 0 Å². The smallest absolute Gasteiger partial charge is 0.326 e. The summed E-state index contributed by atoms with van der Waals surface area (Å²) in [5, 5.41) is 2.67. The number of nitrogens with two attached hydrogens (primary N) is 1. The van der Waals surface area contributed by atoms with Gasteiger partial charge in [0.05, 0.1) is 17.1 Å². The van der Waals surface area contributed by atoms with E-state index in [1.165, 1.54) is 0 Å². The third kappa shape index (κ3) is 3.36. The van der Waals surface area contributed by atoms with Crippen LogP contribution in [0.25, 0.3) is 11.0 Å². The fourth-order valence-electron chi connectivity index (χ4n) is 1.78. The van der Waals surface area contributed by atoms with Crippen molar-refractivity contribution in [3.63, 3.8) is 0 Å². The van der Waals surface area contributed by atoms with Gasteiger partial charge in [-0.1, -0.05) is 12.1 Å². The number of nitrogens with one attached hydrogen (secondary N) is 2. The highest BCUT2D eigenvalue weighted by Gasteiger charge is 2.08. The van der Waals surface area contributed by atoms with Crippen molar-refractivity contribution in [1.82, 2.24) is 14.9 Å². The number of hydrogen-bond acceptors (Lipinski definition) is 3. The average Bonchev–Trinajstić information content (AvgIpc) is 2.65. The number of amides is 1. The molecule has 0 radical (unpaired) electrons. The van der Waals surface area contributed by atoms with Crippen molar-refractivity contribution in [2.75, 3.05) is 6.54 Å². The van der Waals surface area contributed by atoms with Crippen LogP contribution in [0.1, 0.15) is 6.92 Å². The molecule has 2 rings (SSSR count). The molecule has 0 bridgehead atoms. The zero-order valence-corrected chi connectivity index (χ0v) is 11.4. The van der Waals surface area contributed by atoms with Gasteiger partial charge in [0.1, 0.15) is 0 Å². The first-order valence-corrected chi connectivity index (χ1v) is 5.80. The number of fused-ring (bicyclic) bond motifs is 1. The van der Waals surface area contributed by atoms with Gasteiger partial charge in [-0.25, -0.2) is 4.79 Å². The van der Waals surface area contributed by atoms with Crippen molar-refractivity contribution in [3.8, 4) is 0 Å². The van der Waals surface area contributed by atoms with Crippen LogP contribution in [0, 0.1) is 0 Å². The standard InChI is InChI=1S/C12H16N4O2.ClH/c1-8(13)11(17)14-6-7-16-10-5-3-2-4-9(10)15-12(16)18;/h2-5,8H,6-7,13H2,1H3,(H,14,17)(H,15,18);1H/t8-;/m0./s1. The number of halogens is 1. The Morgan fingerprint density at radius 1 is 1.47 bits per heavy atom. The maximum atomic E-state index is 11.7. The van der Waals surface area contributed by atoms with Crippen LogP contribution in [0.15, 0.2) is 29.1 Å². The lowest BCUT2D eigenvalue weighted by atomic mass is 10.3. The Balaban J connectivity index is 0.00000180. The van der Waals surface area contributed by atoms with E-state index in [1.807, 2.05) is 24.3 Å². The molecule has 0 saturated carbocycles. The zero-order chi connectivity index (χ0) is 13.1. The molecule has 0 aliphatic carbocycles. The summed E-state index contributed by atoms with van der Waals surface area (Å²) in [4.78, 5) is 25.8. The lowest BCUT2D eigenvalue weighted by molar-refractivity contribution is -0.122. The Morgan fingerprint density at radius 2 is 2.16 bits per heavy atom. The summed E-state index contributed by atoms with van der Waals surface area (Å²) >= 11 is 0. The molecule has 6 nitrogen and oxygen atoms in total. The number of para-hydroxylation sites is 2. The molecule has 1 aromatic heterocycles.